The number of thioether (sulfide) groups is 2. The molecule has 10 heteroatoms. The van der Waals surface area contributed by atoms with Gasteiger partial charge in [-0.1, -0.05) is 58.6 Å². The third-order valence-corrected chi connectivity index (χ3v) is 7.33. The highest BCUT2D eigenvalue weighted by molar-refractivity contribution is 8.03. The number of benzene rings is 2. The van der Waals surface area contributed by atoms with Crippen molar-refractivity contribution in [3.05, 3.63) is 53.1 Å². The van der Waals surface area contributed by atoms with E-state index < -0.39 is 0 Å². The zero-order valence-corrected chi connectivity index (χ0v) is 18.3. The van der Waals surface area contributed by atoms with Gasteiger partial charge in [0.05, 0.1) is 5.75 Å². The molecule has 0 atom stereocenters. The van der Waals surface area contributed by atoms with Gasteiger partial charge in [0.1, 0.15) is 13.2 Å². The molecule has 0 spiro atoms. The quantitative estimate of drug-likeness (QED) is 0.493. The van der Waals surface area contributed by atoms with Crippen molar-refractivity contribution in [3.63, 3.8) is 0 Å². The highest BCUT2D eigenvalue weighted by atomic mass is 35.5. The number of carbonyl (C=O) groups excluding carboxylic acids is 1. The summed E-state index contributed by atoms with van der Waals surface area (Å²) < 4.78 is 12.6. The first-order valence-electron chi connectivity index (χ1n) is 8.69. The van der Waals surface area contributed by atoms with Crippen LogP contribution < -0.4 is 14.8 Å². The van der Waals surface area contributed by atoms with Gasteiger partial charge in [-0.25, -0.2) is 0 Å². The number of anilines is 1. The van der Waals surface area contributed by atoms with E-state index in [4.69, 9.17) is 21.1 Å². The standard InChI is InChI=1S/C19H16ClN3O3S3/c20-13-3-1-12(2-4-13)10-27-18-22-23-19(29-18)28-11-17(24)21-14-5-6-15-16(9-14)26-8-7-25-15/h1-6,9H,7-8,10-11H2,(H,21,24). The smallest absolute Gasteiger partial charge is 0.234 e. The largest absolute Gasteiger partial charge is 0.486 e. The van der Waals surface area contributed by atoms with Crippen molar-refractivity contribution in [3.8, 4) is 11.5 Å². The lowest BCUT2D eigenvalue weighted by molar-refractivity contribution is -0.113. The Morgan fingerprint density at radius 3 is 2.55 bits per heavy atom. The number of carbonyl (C=O) groups is 1. The van der Waals surface area contributed by atoms with Crippen LogP contribution in [-0.4, -0.2) is 35.1 Å². The molecule has 1 aliphatic rings. The van der Waals surface area contributed by atoms with Gasteiger partial charge in [0, 0.05) is 22.5 Å². The molecule has 29 heavy (non-hydrogen) atoms. The lowest BCUT2D eigenvalue weighted by Crippen LogP contribution is -2.17. The van der Waals surface area contributed by atoms with Crippen LogP contribution in [0.4, 0.5) is 5.69 Å². The second kappa shape index (κ2) is 9.71. The van der Waals surface area contributed by atoms with Gasteiger partial charge in [-0.2, -0.15) is 0 Å². The zero-order valence-electron chi connectivity index (χ0n) is 15.1. The number of amides is 1. The summed E-state index contributed by atoms with van der Waals surface area (Å²) in [7, 11) is 0. The summed E-state index contributed by atoms with van der Waals surface area (Å²) >= 11 is 10.4. The summed E-state index contributed by atoms with van der Waals surface area (Å²) in [6.07, 6.45) is 0. The van der Waals surface area contributed by atoms with Crippen LogP contribution in [0.5, 0.6) is 11.5 Å². The fourth-order valence-corrected chi connectivity index (χ4v) is 5.39. The van der Waals surface area contributed by atoms with Gasteiger partial charge in [0.2, 0.25) is 5.91 Å². The van der Waals surface area contributed by atoms with Crippen LogP contribution in [0, 0.1) is 0 Å². The van der Waals surface area contributed by atoms with Gasteiger partial charge in [-0.05, 0) is 29.8 Å². The number of fused-ring (bicyclic) bond motifs is 1. The highest BCUT2D eigenvalue weighted by Gasteiger charge is 2.14. The van der Waals surface area contributed by atoms with E-state index in [-0.39, 0.29) is 11.7 Å². The first-order valence-corrected chi connectivity index (χ1v) is 11.9. The number of nitrogens with one attached hydrogen (secondary N) is 1. The Kier molecular flexibility index (Phi) is 6.81. The molecule has 6 nitrogen and oxygen atoms in total. The van der Waals surface area contributed by atoms with E-state index in [1.54, 1.807) is 30.0 Å². The van der Waals surface area contributed by atoms with Crippen LogP contribution in [0.1, 0.15) is 5.56 Å². The average Bonchev–Trinajstić information content (AvgIpc) is 3.20. The van der Waals surface area contributed by atoms with Crippen LogP contribution in [0.15, 0.2) is 51.1 Å². The molecule has 0 saturated carbocycles. The summed E-state index contributed by atoms with van der Waals surface area (Å²) in [5.41, 5.74) is 1.85. The molecule has 3 aromatic rings. The molecule has 0 aliphatic carbocycles. The lowest BCUT2D eigenvalue weighted by atomic mass is 10.2. The molecular formula is C19H16ClN3O3S3. The van der Waals surface area contributed by atoms with Crippen molar-refractivity contribution >= 4 is 58.1 Å². The third kappa shape index (κ3) is 5.79. The van der Waals surface area contributed by atoms with Gasteiger partial charge < -0.3 is 14.8 Å². The maximum atomic E-state index is 12.2. The molecule has 1 aromatic heterocycles. The van der Waals surface area contributed by atoms with Gasteiger partial charge in [0.15, 0.2) is 20.2 Å². The molecular weight excluding hydrogens is 450 g/mol. The van der Waals surface area contributed by atoms with Gasteiger partial charge in [0.25, 0.3) is 0 Å². The monoisotopic (exact) mass is 465 g/mol. The van der Waals surface area contributed by atoms with Crippen molar-refractivity contribution in [1.29, 1.82) is 0 Å². The van der Waals surface area contributed by atoms with E-state index in [0.29, 0.717) is 30.4 Å². The summed E-state index contributed by atoms with van der Waals surface area (Å²) in [6.45, 7) is 1.05. The fraction of sp³-hybridized carbons (Fsp3) is 0.211. The van der Waals surface area contributed by atoms with Crippen LogP contribution in [0.3, 0.4) is 0 Å². The van der Waals surface area contributed by atoms with Gasteiger partial charge in [-0.15, -0.1) is 10.2 Å². The van der Waals surface area contributed by atoms with Crippen LogP contribution >= 0.6 is 46.5 Å². The van der Waals surface area contributed by atoms with Gasteiger partial charge in [-0.3, -0.25) is 4.79 Å². The second-order valence-electron chi connectivity index (χ2n) is 5.94. The SMILES string of the molecule is O=C(CSc1nnc(SCc2ccc(Cl)cc2)s1)Nc1ccc2c(c1)OCCO2. The maximum Gasteiger partial charge on any atom is 0.234 e. The number of nitrogens with zero attached hydrogens (tertiary/aromatic N) is 2. The first-order chi connectivity index (χ1) is 14.2. The lowest BCUT2D eigenvalue weighted by Gasteiger charge is -2.18. The Labute approximate surface area is 185 Å². The highest BCUT2D eigenvalue weighted by Crippen LogP contribution is 2.33. The molecule has 1 N–H and O–H groups in total. The summed E-state index contributed by atoms with van der Waals surface area (Å²) in [6, 6.07) is 13.1. The fourth-order valence-electron chi connectivity index (χ4n) is 2.48. The van der Waals surface area contributed by atoms with Crippen LogP contribution in [-0.2, 0) is 10.5 Å². The van der Waals surface area contributed by atoms with Crippen molar-refractivity contribution < 1.29 is 14.3 Å². The van der Waals surface area contributed by atoms with E-state index in [9.17, 15) is 4.79 Å². The number of ether oxygens (including phenoxy) is 2. The zero-order chi connectivity index (χ0) is 20.1. The molecule has 2 heterocycles. The Morgan fingerprint density at radius 1 is 1.03 bits per heavy atom. The molecule has 2 aromatic carbocycles. The Bertz CT molecular complexity index is 998. The number of hydrogen-bond acceptors (Lipinski definition) is 8. The van der Waals surface area contributed by atoms with Crippen molar-refractivity contribution in [2.24, 2.45) is 0 Å². The molecule has 4 rings (SSSR count). The number of halogens is 1. The molecule has 0 radical (unpaired) electrons. The second-order valence-corrected chi connectivity index (χ2v) is 9.80. The molecule has 0 fully saturated rings. The minimum atomic E-state index is -0.114. The number of hydrogen-bond donors (Lipinski definition) is 1. The number of aromatic nitrogens is 2. The Hall–Kier alpha value is -1.94. The average molecular weight is 466 g/mol. The Balaban J connectivity index is 1.25. The van der Waals surface area contributed by atoms with Crippen molar-refractivity contribution in [1.82, 2.24) is 10.2 Å². The predicted molar refractivity (Wildman–Crippen MR) is 118 cm³/mol. The van der Waals surface area contributed by atoms with Crippen molar-refractivity contribution in [2.45, 2.75) is 14.4 Å². The van der Waals surface area contributed by atoms with E-state index in [2.05, 4.69) is 15.5 Å². The molecule has 1 amide bonds. The van der Waals surface area contributed by atoms with Gasteiger partial charge >= 0.3 is 0 Å². The molecule has 150 valence electrons. The molecule has 0 saturated heterocycles. The van der Waals surface area contributed by atoms with Crippen LogP contribution in [0.2, 0.25) is 5.02 Å². The molecule has 1 aliphatic heterocycles. The predicted octanol–water partition coefficient (Wildman–Crippen LogP) is 4.99. The summed E-state index contributed by atoms with van der Waals surface area (Å²) in [5, 5.41) is 11.9. The van der Waals surface area contributed by atoms with E-state index in [1.807, 2.05) is 24.3 Å². The van der Waals surface area contributed by atoms with E-state index >= 15 is 0 Å². The van der Waals surface area contributed by atoms with Crippen molar-refractivity contribution in [2.75, 3.05) is 24.3 Å². The van der Waals surface area contributed by atoms with Crippen LogP contribution in [0.25, 0.3) is 0 Å². The topological polar surface area (TPSA) is 73.3 Å². The minimum Gasteiger partial charge on any atom is -0.486 e. The van der Waals surface area contributed by atoms with E-state index in [1.165, 1.54) is 28.7 Å². The summed E-state index contributed by atoms with van der Waals surface area (Å²) in [4.78, 5) is 12.2. The minimum absolute atomic E-state index is 0.114. The summed E-state index contributed by atoms with van der Waals surface area (Å²) in [5.74, 6) is 2.28. The normalized spacial score (nSPS) is 12.6. The van der Waals surface area contributed by atoms with E-state index in [0.717, 1.165) is 19.5 Å². The Morgan fingerprint density at radius 2 is 1.76 bits per heavy atom. The first kappa shape index (κ1) is 20.3. The molecule has 0 unspecified atom stereocenters. The molecule has 0 bridgehead atoms. The third-order valence-electron chi connectivity index (χ3n) is 3.82. The number of rotatable bonds is 7. The maximum absolute atomic E-state index is 12.2.